The summed E-state index contributed by atoms with van der Waals surface area (Å²) in [5, 5.41) is 0. The molecule has 28 heavy (non-hydrogen) atoms. The molecule has 0 saturated heterocycles. The first-order valence-corrected chi connectivity index (χ1v) is 13.1. The van der Waals surface area contributed by atoms with Gasteiger partial charge in [-0.25, -0.2) is 0 Å². The predicted molar refractivity (Wildman–Crippen MR) is 112 cm³/mol. The van der Waals surface area contributed by atoms with Crippen molar-refractivity contribution in [3.63, 3.8) is 0 Å². The highest BCUT2D eigenvalue weighted by Crippen LogP contribution is 2.71. The van der Waals surface area contributed by atoms with Gasteiger partial charge >= 0.3 is 10.1 Å². The molecule has 4 aliphatic carbocycles. The van der Waals surface area contributed by atoms with E-state index in [-0.39, 0.29) is 0 Å². The monoisotopic (exact) mass is 402 g/mol. The zero-order chi connectivity index (χ0) is 19.7. The first-order chi connectivity index (χ1) is 13.2. The van der Waals surface area contributed by atoms with Crippen LogP contribution in [0.4, 0.5) is 0 Å². The van der Waals surface area contributed by atoms with Crippen molar-refractivity contribution in [2.45, 2.75) is 77.6 Å². The maximum Gasteiger partial charge on any atom is 0.306 e. The van der Waals surface area contributed by atoms with E-state index >= 15 is 0 Å². The molecule has 0 N–H and O–H groups in total. The van der Waals surface area contributed by atoms with Crippen LogP contribution in [-0.4, -0.2) is 14.7 Å². The third-order valence-corrected chi connectivity index (χ3v) is 10.1. The van der Waals surface area contributed by atoms with Crippen LogP contribution >= 0.6 is 0 Å². The van der Waals surface area contributed by atoms with Gasteiger partial charge in [-0.1, -0.05) is 26.3 Å². The van der Waals surface area contributed by atoms with Gasteiger partial charge in [0.05, 0.1) is 6.26 Å². The highest BCUT2D eigenvalue weighted by molar-refractivity contribution is 7.86. The summed E-state index contributed by atoms with van der Waals surface area (Å²) in [6, 6.07) is 6.01. The molecule has 1 aromatic carbocycles. The Morgan fingerprint density at radius 3 is 2.43 bits per heavy atom. The molecule has 0 spiro atoms. The number of fused-ring (bicyclic) bond motifs is 5. The van der Waals surface area contributed by atoms with Gasteiger partial charge in [0.2, 0.25) is 0 Å². The summed E-state index contributed by atoms with van der Waals surface area (Å²) in [5.74, 6) is 3.74. The Bertz CT molecular complexity index is 887. The largest absolute Gasteiger partial charge is 0.383 e. The van der Waals surface area contributed by atoms with Gasteiger partial charge in [-0.3, -0.25) is 0 Å². The fraction of sp³-hybridized carbons (Fsp3) is 0.750. The van der Waals surface area contributed by atoms with Gasteiger partial charge in [-0.15, -0.1) is 0 Å². The first-order valence-electron chi connectivity index (χ1n) is 11.2. The van der Waals surface area contributed by atoms with Crippen LogP contribution in [0.2, 0.25) is 0 Å². The summed E-state index contributed by atoms with van der Waals surface area (Å²) in [7, 11) is -3.47. The fourth-order valence-electron chi connectivity index (χ4n) is 7.80. The van der Waals surface area contributed by atoms with Crippen molar-refractivity contribution >= 4 is 10.1 Å². The summed E-state index contributed by atoms with van der Waals surface area (Å²) in [5.41, 5.74) is 3.84. The first kappa shape index (κ1) is 19.0. The van der Waals surface area contributed by atoms with Crippen LogP contribution in [0.5, 0.6) is 5.75 Å². The minimum atomic E-state index is -3.47. The lowest BCUT2D eigenvalue weighted by atomic mass is 9.47. The van der Waals surface area contributed by atoms with Gasteiger partial charge in [0.25, 0.3) is 0 Å². The lowest BCUT2D eigenvalue weighted by molar-refractivity contribution is -0.0700. The van der Waals surface area contributed by atoms with Gasteiger partial charge < -0.3 is 4.18 Å². The molecule has 3 fully saturated rings. The standard InChI is InChI=1S/C24H34O3S/c1-23(17-5-4-6-17)14-12-22-21-9-7-16-15-18(27-28(3,25)26)8-10-19(16)20(21)11-13-24(22,23)2/h8,10,15,17,20-22H,4-7,9,11-14H2,1-3H3/t20-,21-,22+,23-,24+/m1/s1. The summed E-state index contributed by atoms with van der Waals surface area (Å²) >= 11 is 0. The number of rotatable bonds is 3. The second-order valence-electron chi connectivity index (χ2n) is 10.6. The molecule has 5 atom stereocenters. The van der Waals surface area contributed by atoms with Crippen molar-refractivity contribution in [2.24, 2.45) is 28.6 Å². The van der Waals surface area contributed by atoms with Crippen molar-refractivity contribution in [2.75, 3.05) is 6.26 Å². The van der Waals surface area contributed by atoms with Crippen LogP contribution in [0.25, 0.3) is 0 Å². The van der Waals surface area contributed by atoms with Gasteiger partial charge in [0.15, 0.2) is 0 Å². The number of aryl methyl sites for hydroxylation is 1. The minimum Gasteiger partial charge on any atom is -0.383 e. The van der Waals surface area contributed by atoms with E-state index in [1.807, 2.05) is 12.1 Å². The Balaban J connectivity index is 1.43. The third kappa shape index (κ3) is 2.69. The SMILES string of the molecule is C[C@]12CC[C@@H]3c4ccc(OS(C)(=O)=O)cc4CC[C@H]3[C@@H]1CC[C@]2(C)C1CCC1. The molecule has 0 heterocycles. The van der Waals surface area contributed by atoms with E-state index < -0.39 is 10.1 Å². The van der Waals surface area contributed by atoms with Crippen molar-refractivity contribution in [1.29, 1.82) is 0 Å². The normalized spacial score (nSPS) is 40.2. The molecule has 154 valence electrons. The molecule has 4 aliphatic rings. The van der Waals surface area contributed by atoms with Crippen molar-refractivity contribution in [1.82, 2.24) is 0 Å². The highest BCUT2D eigenvalue weighted by Gasteiger charge is 2.62. The van der Waals surface area contributed by atoms with E-state index in [4.69, 9.17) is 4.18 Å². The predicted octanol–water partition coefficient (Wildman–Crippen LogP) is 5.69. The molecule has 3 saturated carbocycles. The lowest BCUT2D eigenvalue weighted by Gasteiger charge is -2.58. The van der Waals surface area contributed by atoms with E-state index in [9.17, 15) is 8.42 Å². The molecule has 4 heteroatoms. The van der Waals surface area contributed by atoms with E-state index in [0.29, 0.717) is 22.5 Å². The Labute approximate surface area is 170 Å². The molecule has 3 nitrogen and oxygen atoms in total. The van der Waals surface area contributed by atoms with Gasteiger partial charge in [0, 0.05) is 0 Å². The Hall–Kier alpha value is -1.03. The molecule has 0 radical (unpaired) electrons. The number of benzene rings is 1. The third-order valence-electron chi connectivity index (χ3n) is 9.62. The summed E-state index contributed by atoms with van der Waals surface area (Å²) in [6.07, 6.45) is 13.3. The molecule has 1 aromatic rings. The number of hydrogen-bond donors (Lipinski definition) is 0. The van der Waals surface area contributed by atoms with Crippen molar-refractivity contribution < 1.29 is 12.6 Å². The molecule has 0 unspecified atom stereocenters. The maximum atomic E-state index is 11.5. The molecular formula is C24H34O3S. The maximum absolute atomic E-state index is 11.5. The smallest absolute Gasteiger partial charge is 0.306 e. The van der Waals surface area contributed by atoms with Crippen LogP contribution in [0.3, 0.4) is 0 Å². The zero-order valence-electron chi connectivity index (χ0n) is 17.5. The number of hydrogen-bond acceptors (Lipinski definition) is 3. The van der Waals surface area contributed by atoms with E-state index in [0.717, 1.165) is 30.4 Å². The van der Waals surface area contributed by atoms with Crippen LogP contribution < -0.4 is 4.18 Å². The fourth-order valence-corrected chi connectivity index (χ4v) is 8.26. The Kier molecular flexibility index (Phi) is 4.22. The second-order valence-corrected chi connectivity index (χ2v) is 12.2. The summed E-state index contributed by atoms with van der Waals surface area (Å²) in [6.45, 7) is 5.26. The molecule has 0 bridgehead atoms. The Morgan fingerprint density at radius 2 is 1.75 bits per heavy atom. The van der Waals surface area contributed by atoms with Crippen LogP contribution in [0, 0.1) is 28.6 Å². The molecular weight excluding hydrogens is 368 g/mol. The summed E-state index contributed by atoms with van der Waals surface area (Å²) < 4.78 is 28.1. The highest BCUT2D eigenvalue weighted by atomic mass is 32.2. The van der Waals surface area contributed by atoms with Gasteiger partial charge in [0.1, 0.15) is 5.75 Å². The van der Waals surface area contributed by atoms with Crippen LogP contribution in [0.1, 0.15) is 82.3 Å². The van der Waals surface area contributed by atoms with Gasteiger partial charge in [-0.2, -0.15) is 8.42 Å². The van der Waals surface area contributed by atoms with Crippen LogP contribution in [0.15, 0.2) is 18.2 Å². The second kappa shape index (κ2) is 6.23. The Morgan fingerprint density at radius 1 is 1.00 bits per heavy atom. The lowest BCUT2D eigenvalue weighted by Crippen LogP contribution is -2.50. The van der Waals surface area contributed by atoms with Crippen molar-refractivity contribution in [3.8, 4) is 5.75 Å². The summed E-state index contributed by atoms with van der Waals surface area (Å²) in [4.78, 5) is 0. The average Bonchev–Trinajstić information content (AvgIpc) is 2.83. The van der Waals surface area contributed by atoms with Crippen LogP contribution in [-0.2, 0) is 16.5 Å². The van der Waals surface area contributed by atoms with E-state index in [1.165, 1.54) is 62.5 Å². The molecule has 5 rings (SSSR count). The zero-order valence-corrected chi connectivity index (χ0v) is 18.4. The minimum absolute atomic E-state index is 0.471. The quantitative estimate of drug-likeness (QED) is 0.610. The molecule has 0 aliphatic heterocycles. The topological polar surface area (TPSA) is 43.4 Å². The van der Waals surface area contributed by atoms with Crippen molar-refractivity contribution in [3.05, 3.63) is 29.3 Å². The van der Waals surface area contributed by atoms with E-state index in [2.05, 4.69) is 19.9 Å². The van der Waals surface area contributed by atoms with E-state index in [1.54, 1.807) is 0 Å². The molecule has 0 amide bonds. The van der Waals surface area contributed by atoms with Gasteiger partial charge in [-0.05, 0) is 109 Å². The average molecular weight is 403 g/mol. The molecule has 0 aromatic heterocycles.